The average Bonchev–Trinajstić information content (AvgIpc) is 2.19. The molecule has 0 aliphatic carbocycles. The highest BCUT2D eigenvalue weighted by Crippen LogP contribution is 2.52. The molecule has 0 bridgehead atoms. The van der Waals surface area contributed by atoms with E-state index in [0.717, 1.165) is 0 Å². The van der Waals surface area contributed by atoms with Crippen molar-refractivity contribution in [1.29, 1.82) is 0 Å². The van der Waals surface area contributed by atoms with Crippen molar-refractivity contribution in [2.45, 2.75) is 0 Å². The number of hydrogen-bond donors (Lipinski definition) is 0. The van der Waals surface area contributed by atoms with Crippen molar-refractivity contribution in [3.63, 3.8) is 0 Å². The first-order valence-corrected chi connectivity index (χ1v) is 5.91. The Morgan fingerprint density at radius 2 is 1.62 bits per heavy atom. The molecule has 0 aromatic heterocycles. The van der Waals surface area contributed by atoms with Gasteiger partial charge in [0.15, 0.2) is 0 Å². The number of halogens is 2. The summed E-state index contributed by atoms with van der Waals surface area (Å²) in [5.74, 6) is 0.393. The lowest BCUT2D eigenvalue weighted by Gasteiger charge is -2.10. The third kappa shape index (κ3) is 3.40. The van der Waals surface area contributed by atoms with Crippen LogP contribution in [0.3, 0.4) is 0 Å². The van der Waals surface area contributed by atoms with Gasteiger partial charge in [-0.1, -0.05) is 18.2 Å². The van der Waals surface area contributed by atoms with Gasteiger partial charge in [0.25, 0.3) is 0 Å². The minimum absolute atomic E-state index is 0.393. The first-order valence-electron chi connectivity index (χ1n) is 3.15. The van der Waals surface area contributed by atoms with Gasteiger partial charge in [-0.3, -0.25) is 0 Å². The molecule has 0 N–H and O–H groups in total. The summed E-state index contributed by atoms with van der Waals surface area (Å²) in [6.45, 7) is 0. The van der Waals surface area contributed by atoms with Crippen LogP contribution in [0, 0.1) is 0 Å². The van der Waals surface area contributed by atoms with E-state index in [1.54, 1.807) is 24.3 Å². The molecule has 1 aromatic rings. The van der Waals surface area contributed by atoms with Crippen molar-refractivity contribution in [2.75, 3.05) is 0 Å². The molecule has 0 radical (unpaired) electrons. The zero-order valence-electron chi connectivity index (χ0n) is 6.22. The lowest BCUT2D eigenvalue weighted by molar-refractivity contribution is 0.342. The minimum Gasteiger partial charge on any atom is -0.403 e. The van der Waals surface area contributed by atoms with Crippen molar-refractivity contribution in [3.8, 4) is 5.75 Å². The van der Waals surface area contributed by atoms with Crippen LogP contribution in [0.2, 0.25) is 0 Å². The molecule has 13 heavy (non-hydrogen) atoms. The second-order valence-corrected chi connectivity index (χ2v) is 5.08. The Labute approximate surface area is 92.7 Å². The van der Waals surface area contributed by atoms with Gasteiger partial charge in [0, 0.05) is 0 Å². The molecule has 1 aromatic carbocycles. The van der Waals surface area contributed by atoms with Gasteiger partial charge in [-0.2, -0.15) is 7.23 Å². The molecule has 0 fully saturated rings. The largest absolute Gasteiger partial charge is 0.552 e. The van der Waals surface area contributed by atoms with Gasteiger partial charge < -0.3 is 4.52 Å². The molecule has 0 saturated heterocycles. The summed E-state index contributed by atoms with van der Waals surface area (Å²) in [6.07, 6.45) is 0. The van der Waals surface area contributed by atoms with Crippen molar-refractivity contribution in [2.24, 2.45) is 0 Å². The van der Waals surface area contributed by atoms with E-state index in [9.17, 15) is 4.57 Å². The molecule has 0 saturated carbocycles. The fourth-order valence-corrected chi connectivity index (χ4v) is 2.29. The molecule has 0 spiro atoms. The highest BCUT2D eigenvalue weighted by molar-refractivity contribution is 9.07. The topological polar surface area (TPSA) is 44.8 Å². The van der Waals surface area contributed by atoms with E-state index in [1.165, 1.54) is 0 Å². The molecule has 0 unspecified atom stereocenters. The second-order valence-electron chi connectivity index (χ2n) is 1.99. The highest BCUT2D eigenvalue weighted by Gasteiger charge is 2.27. The van der Waals surface area contributed by atoms with Crippen molar-refractivity contribution in [3.05, 3.63) is 30.3 Å². The molecule has 0 aliphatic rings. The quantitative estimate of drug-likeness (QED) is 0.787. The number of rotatable bonds is 4. The fraction of sp³-hybridized carbons (Fsp3) is 0. The Kier molecular flexibility index (Phi) is 4.41. The lowest BCUT2D eigenvalue weighted by atomic mass is 10.3. The van der Waals surface area contributed by atoms with E-state index in [1.807, 2.05) is 6.07 Å². The van der Waals surface area contributed by atoms with Crippen molar-refractivity contribution >= 4 is 40.3 Å². The molecule has 0 heterocycles. The van der Waals surface area contributed by atoms with E-state index >= 15 is 0 Å². The number of phosphoric acid groups is 1. The molecular formula is C6H5Br2O4P. The first-order chi connectivity index (χ1) is 6.20. The van der Waals surface area contributed by atoms with Crippen LogP contribution in [-0.2, 0) is 11.8 Å². The average molecular weight is 332 g/mol. The Balaban J connectivity index is 2.74. The normalized spacial score (nSPS) is 11.2. The number of para-hydroxylation sites is 1. The maximum atomic E-state index is 11.4. The number of hydrogen-bond acceptors (Lipinski definition) is 4. The van der Waals surface area contributed by atoms with Crippen LogP contribution in [0.5, 0.6) is 5.75 Å². The summed E-state index contributed by atoms with van der Waals surface area (Å²) < 4.78 is 25.0. The van der Waals surface area contributed by atoms with Gasteiger partial charge in [-0.25, -0.2) is 4.57 Å². The molecule has 0 amide bonds. The van der Waals surface area contributed by atoms with Crippen LogP contribution in [-0.4, -0.2) is 0 Å². The standard InChI is InChI=1S/C6H5Br2O4P/c7-11-13(9,12-8)10-6-4-2-1-3-5-6/h1-5H. The van der Waals surface area contributed by atoms with Crippen LogP contribution in [0.4, 0.5) is 0 Å². The van der Waals surface area contributed by atoms with Gasteiger partial charge >= 0.3 is 7.82 Å². The molecule has 7 heteroatoms. The maximum Gasteiger partial charge on any atom is 0.552 e. The molecule has 0 aliphatic heterocycles. The Morgan fingerprint density at radius 1 is 1.08 bits per heavy atom. The Morgan fingerprint density at radius 3 is 2.08 bits per heavy atom. The zero-order valence-corrected chi connectivity index (χ0v) is 10.3. The van der Waals surface area contributed by atoms with Crippen LogP contribution >= 0.6 is 40.3 Å². The Hall–Kier alpha value is 0.130. The van der Waals surface area contributed by atoms with Crippen molar-refractivity contribution in [1.82, 2.24) is 0 Å². The van der Waals surface area contributed by atoms with Crippen LogP contribution in [0.1, 0.15) is 0 Å². The molecule has 72 valence electrons. The monoisotopic (exact) mass is 330 g/mol. The maximum absolute atomic E-state index is 11.4. The van der Waals surface area contributed by atoms with Crippen LogP contribution in [0.15, 0.2) is 30.3 Å². The van der Waals surface area contributed by atoms with E-state index in [-0.39, 0.29) is 0 Å². The summed E-state index contributed by atoms with van der Waals surface area (Å²) in [4.78, 5) is 0. The lowest BCUT2D eigenvalue weighted by Crippen LogP contribution is -1.91. The second kappa shape index (κ2) is 5.12. The Bertz CT molecular complexity index is 297. The van der Waals surface area contributed by atoms with E-state index in [4.69, 9.17) is 4.52 Å². The van der Waals surface area contributed by atoms with E-state index in [0.29, 0.717) is 5.75 Å². The van der Waals surface area contributed by atoms with Crippen LogP contribution < -0.4 is 4.52 Å². The molecular weight excluding hydrogens is 327 g/mol. The SMILES string of the molecule is O=P(OBr)(OBr)Oc1ccccc1. The van der Waals surface area contributed by atoms with Crippen LogP contribution in [0.25, 0.3) is 0 Å². The predicted molar refractivity (Wildman–Crippen MR) is 54.7 cm³/mol. The molecule has 1 rings (SSSR count). The van der Waals surface area contributed by atoms with Gasteiger partial charge in [0.1, 0.15) is 38.3 Å². The van der Waals surface area contributed by atoms with E-state index < -0.39 is 7.82 Å². The molecule has 0 atom stereocenters. The van der Waals surface area contributed by atoms with Gasteiger partial charge in [0.2, 0.25) is 0 Å². The van der Waals surface area contributed by atoms with Gasteiger partial charge in [0.05, 0.1) is 0 Å². The molecule has 4 nitrogen and oxygen atoms in total. The van der Waals surface area contributed by atoms with Crippen molar-refractivity contribution < 1.29 is 16.3 Å². The summed E-state index contributed by atoms with van der Waals surface area (Å²) in [5.41, 5.74) is 0. The fourth-order valence-electron chi connectivity index (χ4n) is 0.649. The van der Waals surface area contributed by atoms with E-state index in [2.05, 4.69) is 39.7 Å². The van der Waals surface area contributed by atoms with Gasteiger partial charge in [-0.15, -0.1) is 0 Å². The third-order valence-corrected chi connectivity index (χ3v) is 4.03. The summed E-state index contributed by atoms with van der Waals surface area (Å²) in [6, 6.07) is 8.54. The first kappa shape index (κ1) is 11.2. The summed E-state index contributed by atoms with van der Waals surface area (Å²) in [5, 5.41) is 0. The smallest absolute Gasteiger partial charge is 0.403 e. The predicted octanol–water partition coefficient (Wildman–Crippen LogP) is 3.83. The third-order valence-electron chi connectivity index (χ3n) is 1.13. The summed E-state index contributed by atoms with van der Waals surface area (Å²) in [7, 11) is -3.57. The van der Waals surface area contributed by atoms with Gasteiger partial charge in [-0.05, 0) is 12.1 Å². The highest BCUT2D eigenvalue weighted by atomic mass is 79.9. The summed E-state index contributed by atoms with van der Waals surface area (Å²) >= 11 is 5.09. The zero-order chi connectivity index (χ0) is 9.73. The number of benzene rings is 1. The minimum atomic E-state index is -3.57.